The van der Waals surface area contributed by atoms with Crippen molar-refractivity contribution in [2.45, 2.75) is 172 Å². The van der Waals surface area contributed by atoms with E-state index in [4.69, 9.17) is 18.5 Å². The number of allylic oxidation sites excluding steroid dienone is 12. The highest BCUT2D eigenvalue weighted by Gasteiger charge is 2.51. The molecule has 1 rings (SSSR count). The highest BCUT2D eigenvalue weighted by Crippen LogP contribution is 2.47. The van der Waals surface area contributed by atoms with Crippen LogP contribution in [0, 0.1) is 0 Å². The van der Waals surface area contributed by atoms with Crippen LogP contribution in [0.3, 0.4) is 0 Å². The van der Waals surface area contributed by atoms with Crippen LogP contribution in [-0.2, 0) is 27.9 Å². The third-order valence-electron chi connectivity index (χ3n) is 9.07. The van der Waals surface area contributed by atoms with Crippen LogP contribution >= 0.6 is 7.82 Å². The Morgan fingerprint density at radius 3 is 1.52 bits per heavy atom. The fourth-order valence-electron chi connectivity index (χ4n) is 5.79. The third-order valence-corrected chi connectivity index (χ3v) is 10.1. The van der Waals surface area contributed by atoms with E-state index in [0.29, 0.717) is 13.0 Å². The first-order valence-electron chi connectivity index (χ1n) is 20.8. The van der Waals surface area contributed by atoms with Crippen LogP contribution in [0.5, 0.6) is 0 Å². The number of unbranched alkanes of at least 4 members (excludes halogenated alkanes) is 9. The molecule has 0 amide bonds. The van der Waals surface area contributed by atoms with Crippen LogP contribution in [0.15, 0.2) is 72.9 Å². The maximum absolute atomic E-state index is 12.8. The highest BCUT2D eigenvalue weighted by atomic mass is 31.2. The van der Waals surface area contributed by atoms with E-state index in [0.717, 1.165) is 103 Å². The van der Waals surface area contributed by atoms with Gasteiger partial charge in [-0.05, 0) is 77.0 Å². The summed E-state index contributed by atoms with van der Waals surface area (Å²) in [6.07, 6.45) is 29.8. The predicted molar refractivity (Wildman–Crippen MR) is 221 cm³/mol. The van der Waals surface area contributed by atoms with Crippen molar-refractivity contribution in [3.8, 4) is 0 Å². The number of esters is 1. The quantitative estimate of drug-likeness (QED) is 0.0165. The number of rotatable bonds is 33. The largest absolute Gasteiger partial charge is 0.472 e. The van der Waals surface area contributed by atoms with Gasteiger partial charge in [-0.15, -0.1) is 0 Å². The molecule has 1 saturated carbocycles. The first kappa shape index (κ1) is 51.8. The Hall–Kier alpha value is -2.22. The summed E-state index contributed by atoms with van der Waals surface area (Å²) in [5.41, 5.74) is 0. The monoisotopic (exact) mass is 812 g/mol. The molecule has 0 saturated heterocycles. The average molecular weight is 813 g/mol. The van der Waals surface area contributed by atoms with Crippen LogP contribution in [0.2, 0.25) is 0 Å². The normalized spacial score (nSPS) is 23.8. The van der Waals surface area contributed by atoms with Gasteiger partial charge in [-0.25, -0.2) is 4.57 Å². The molecule has 0 aromatic carbocycles. The zero-order valence-corrected chi connectivity index (χ0v) is 34.8. The van der Waals surface area contributed by atoms with Crippen molar-refractivity contribution in [2.75, 3.05) is 19.8 Å². The Labute approximate surface area is 336 Å². The van der Waals surface area contributed by atoms with Crippen LogP contribution in [-0.4, -0.2) is 98.9 Å². The molecule has 12 nitrogen and oxygen atoms in total. The van der Waals surface area contributed by atoms with Crippen molar-refractivity contribution in [3.05, 3.63) is 72.9 Å². The number of ether oxygens (including phenoxy) is 2. The summed E-state index contributed by atoms with van der Waals surface area (Å²) >= 11 is 0. The van der Waals surface area contributed by atoms with E-state index >= 15 is 0 Å². The number of phosphoric ester groups is 1. The maximum Gasteiger partial charge on any atom is 0.472 e. The lowest BCUT2D eigenvalue weighted by Crippen LogP contribution is -2.64. The Morgan fingerprint density at radius 2 is 1.00 bits per heavy atom. The first-order chi connectivity index (χ1) is 27.0. The van der Waals surface area contributed by atoms with Gasteiger partial charge >= 0.3 is 13.8 Å². The van der Waals surface area contributed by atoms with Gasteiger partial charge in [0.25, 0.3) is 0 Å². The molecule has 0 aliphatic heterocycles. The van der Waals surface area contributed by atoms with Gasteiger partial charge in [0.2, 0.25) is 0 Å². The SMILES string of the molecule is CC/C=C\C/C=C\C/C=C\CCCCCCCC(=O)OC(COCCCCCC/C=C\C/C=C\C/C=C\CC)COP(=O)(O)OC1C(O)C(O)C(O)C(O)C1O. The number of hydrogen-bond donors (Lipinski definition) is 6. The van der Waals surface area contributed by atoms with Crippen molar-refractivity contribution in [2.24, 2.45) is 0 Å². The second kappa shape index (κ2) is 33.7. The minimum Gasteiger partial charge on any atom is -0.457 e. The summed E-state index contributed by atoms with van der Waals surface area (Å²) in [6.45, 7) is 3.93. The molecule has 0 radical (unpaired) electrons. The van der Waals surface area contributed by atoms with Crippen LogP contribution < -0.4 is 0 Å². The van der Waals surface area contributed by atoms with E-state index in [1.807, 2.05) is 0 Å². The number of aliphatic hydroxyl groups excluding tert-OH is 5. The predicted octanol–water partition coefficient (Wildman–Crippen LogP) is 7.63. The summed E-state index contributed by atoms with van der Waals surface area (Å²) in [4.78, 5) is 23.1. The molecule has 1 fully saturated rings. The Kier molecular flexibility index (Phi) is 31.2. The van der Waals surface area contributed by atoms with Gasteiger partial charge in [0.1, 0.15) is 42.7 Å². The molecular weight excluding hydrogens is 739 g/mol. The molecule has 1 aliphatic carbocycles. The molecule has 1 aliphatic rings. The van der Waals surface area contributed by atoms with E-state index < -0.39 is 63.1 Å². The van der Waals surface area contributed by atoms with Gasteiger partial charge < -0.3 is 39.9 Å². The molecule has 0 bridgehead atoms. The van der Waals surface area contributed by atoms with Crippen molar-refractivity contribution >= 4 is 13.8 Å². The molecule has 6 unspecified atom stereocenters. The van der Waals surface area contributed by atoms with Crippen LogP contribution in [0.1, 0.15) is 129 Å². The summed E-state index contributed by atoms with van der Waals surface area (Å²) in [5.74, 6) is -0.507. The number of carbonyl (C=O) groups excluding carboxylic acids is 1. The number of carbonyl (C=O) groups is 1. The van der Waals surface area contributed by atoms with E-state index in [1.54, 1.807) is 0 Å². The Balaban J connectivity index is 2.48. The summed E-state index contributed by atoms with van der Waals surface area (Å²) in [7, 11) is -5.03. The highest BCUT2D eigenvalue weighted by molar-refractivity contribution is 7.47. The van der Waals surface area contributed by atoms with E-state index in [-0.39, 0.29) is 13.0 Å². The second-order valence-corrected chi connectivity index (χ2v) is 15.5. The fraction of sp³-hybridized carbons (Fsp3) is 0.698. The molecule has 13 heteroatoms. The molecule has 6 N–H and O–H groups in total. The molecule has 0 heterocycles. The fourth-order valence-corrected chi connectivity index (χ4v) is 6.77. The van der Waals surface area contributed by atoms with Gasteiger partial charge in [-0.2, -0.15) is 0 Å². The Morgan fingerprint density at radius 1 is 0.571 bits per heavy atom. The third kappa shape index (κ3) is 25.9. The lowest BCUT2D eigenvalue weighted by atomic mass is 9.85. The molecule has 6 atom stereocenters. The van der Waals surface area contributed by atoms with Gasteiger partial charge in [0, 0.05) is 13.0 Å². The summed E-state index contributed by atoms with van der Waals surface area (Å²) < 4.78 is 34.0. The van der Waals surface area contributed by atoms with Crippen LogP contribution in [0.4, 0.5) is 0 Å². The Bertz CT molecular complexity index is 1200. The van der Waals surface area contributed by atoms with Crippen LogP contribution in [0.25, 0.3) is 0 Å². The van der Waals surface area contributed by atoms with E-state index in [1.165, 1.54) is 0 Å². The van der Waals surface area contributed by atoms with Gasteiger partial charge in [-0.3, -0.25) is 13.8 Å². The molecule has 0 spiro atoms. The zero-order valence-electron chi connectivity index (χ0n) is 33.9. The molecule has 0 aromatic heterocycles. The number of aliphatic hydroxyl groups is 5. The van der Waals surface area contributed by atoms with Crippen molar-refractivity contribution < 1.29 is 58.3 Å². The molecule has 322 valence electrons. The topological polar surface area (TPSA) is 192 Å². The van der Waals surface area contributed by atoms with Gasteiger partial charge in [0.15, 0.2) is 0 Å². The van der Waals surface area contributed by atoms with E-state index in [9.17, 15) is 39.8 Å². The molecular formula is C43H73O12P. The molecule has 56 heavy (non-hydrogen) atoms. The van der Waals surface area contributed by atoms with E-state index in [2.05, 4.69) is 86.8 Å². The van der Waals surface area contributed by atoms with Gasteiger partial charge in [-0.1, -0.05) is 119 Å². The smallest absolute Gasteiger partial charge is 0.457 e. The van der Waals surface area contributed by atoms with Gasteiger partial charge in [0.05, 0.1) is 13.2 Å². The minimum absolute atomic E-state index is 0.103. The van der Waals surface area contributed by atoms with Crippen molar-refractivity contribution in [3.63, 3.8) is 0 Å². The number of hydrogen-bond acceptors (Lipinski definition) is 11. The lowest BCUT2D eigenvalue weighted by molar-refractivity contribution is -0.220. The second-order valence-electron chi connectivity index (χ2n) is 14.1. The van der Waals surface area contributed by atoms with Crippen molar-refractivity contribution in [1.82, 2.24) is 0 Å². The number of phosphoric acid groups is 1. The van der Waals surface area contributed by atoms with Crippen molar-refractivity contribution in [1.29, 1.82) is 0 Å². The summed E-state index contributed by atoms with van der Waals surface area (Å²) in [6, 6.07) is 0. The first-order valence-corrected chi connectivity index (χ1v) is 22.3. The lowest BCUT2D eigenvalue weighted by Gasteiger charge is -2.41. The standard InChI is InChI=1S/C43H73O12P/c1-3-5-7-9-11-13-15-17-19-20-22-24-26-28-30-32-37(44)54-36(34-52-33-31-29-27-25-23-21-18-16-14-12-10-8-6-4-2)35-53-56(50,51)55-43-41(48)39(46)38(45)40(47)42(43)49/h5-8,11-14,17-19,21,36,38-43,45-49H,3-4,9-10,15-16,20,22-35H2,1-2H3,(H,50,51)/b7-5-,8-6-,13-11-,14-12-,19-17-,21-18-. The maximum atomic E-state index is 12.8. The minimum atomic E-state index is -5.03. The molecule has 0 aromatic rings. The average Bonchev–Trinajstić information content (AvgIpc) is 3.18. The zero-order chi connectivity index (χ0) is 41.3. The summed E-state index contributed by atoms with van der Waals surface area (Å²) in [5, 5.41) is 50.1.